The third-order valence-electron chi connectivity index (χ3n) is 5.00. The molecular formula is C23H31FN2O3. The summed E-state index contributed by atoms with van der Waals surface area (Å²) in [6.07, 6.45) is 0.0952. The molecule has 5 nitrogen and oxygen atoms in total. The first-order valence-electron chi connectivity index (χ1n) is 10.2. The number of benzene rings is 2. The summed E-state index contributed by atoms with van der Waals surface area (Å²) in [6.45, 7) is 8.67. The lowest BCUT2D eigenvalue weighted by atomic mass is 10.0. The van der Waals surface area contributed by atoms with Crippen LogP contribution in [0.2, 0.25) is 0 Å². The topological polar surface area (TPSA) is 43.0 Å². The Morgan fingerprint density at radius 2 is 1.79 bits per heavy atom. The lowest BCUT2D eigenvalue weighted by molar-refractivity contribution is 0.0161. The average Bonchev–Trinajstić information content (AvgIpc) is 2.73. The highest BCUT2D eigenvalue weighted by atomic mass is 19.1. The summed E-state index contributed by atoms with van der Waals surface area (Å²) in [5, 5.41) is 3.55. The van der Waals surface area contributed by atoms with Gasteiger partial charge < -0.3 is 19.5 Å². The molecule has 3 rings (SSSR count). The monoisotopic (exact) mass is 402 g/mol. The van der Waals surface area contributed by atoms with Gasteiger partial charge in [-0.15, -0.1) is 0 Å². The molecule has 1 N–H and O–H groups in total. The molecular weight excluding hydrogens is 371 g/mol. The van der Waals surface area contributed by atoms with E-state index in [1.54, 1.807) is 7.11 Å². The Morgan fingerprint density at radius 3 is 2.45 bits per heavy atom. The van der Waals surface area contributed by atoms with Crippen LogP contribution in [0, 0.1) is 5.82 Å². The van der Waals surface area contributed by atoms with E-state index in [1.807, 2.05) is 38.1 Å². The highest BCUT2D eigenvalue weighted by Gasteiger charge is 2.22. The number of halogens is 1. The standard InChI is InChI=1S/C23H31FN2O3/c1-17(2)29-22-9-4-18(14-23(22)27-3)15-25-16-21(26-10-12-28-13-11-26)19-5-7-20(24)8-6-19/h4-9,14,17,21,25H,10-13,15-16H2,1-3H3. The molecule has 0 saturated carbocycles. The molecule has 0 radical (unpaired) electrons. The van der Waals surface area contributed by atoms with Crippen LogP contribution in [0.15, 0.2) is 42.5 Å². The largest absolute Gasteiger partial charge is 0.493 e. The van der Waals surface area contributed by atoms with Crippen LogP contribution in [-0.2, 0) is 11.3 Å². The second kappa shape index (κ2) is 10.6. The third-order valence-corrected chi connectivity index (χ3v) is 5.00. The van der Waals surface area contributed by atoms with Gasteiger partial charge in [-0.2, -0.15) is 0 Å². The van der Waals surface area contributed by atoms with Gasteiger partial charge in [0.25, 0.3) is 0 Å². The molecule has 29 heavy (non-hydrogen) atoms. The van der Waals surface area contributed by atoms with Crippen molar-refractivity contribution in [2.45, 2.75) is 32.5 Å². The first-order valence-corrected chi connectivity index (χ1v) is 10.2. The minimum Gasteiger partial charge on any atom is -0.493 e. The predicted octanol–water partition coefficient (Wildman–Crippen LogP) is 3.78. The number of nitrogens with one attached hydrogen (secondary N) is 1. The first-order chi connectivity index (χ1) is 14.1. The summed E-state index contributed by atoms with van der Waals surface area (Å²) in [5.74, 6) is 1.28. The van der Waals surface area contributed by atoms with Crippen molar-refractivity contribution in [1.82, 2.24) is 10.2 Å². The Hall–Kier alpha value is -2.15. The number of hydrogen-bond acceptors (Lipinski definition) is 5. The minimum atomic E-state index is -0.210. The molecule has 0 bridgehead atoms. The molecule has 0 aliphatic carbocycles. The highest BCUT2D eigenvalue weighted by molar-refractivity contribution is 5.43. The van der Waals surface area contributed by atoms with E-state index < -0.39 is 0 Å². The molecule has 0 amide bonds. The van der Waals surface area contributed by atoms with Crippen LogP contribution >= 0.6 is 0 Å². The lowest BCUT2D eigenvalue weighted by Gasteiger charge is -2.35. The lowest BCUT2D eigenvalue weighted by Crippen LogP contribution is -2.42. The van der Waals surface area contributed by atoms with Gasteiger partial charge >= 0.3 is 0 Å². The van der Waals surface area contributed by atoms with E-state index in [2.05, 4.69) is 16.3 Å². The molecule has 2 aromatic carbocycles. The van der Waals surface area contributed by atoms with Gasteiger partial charge in [0.2, 0.25) is 0 Å². The van der Waals surface area contributed by atoms with Crippen LogP contribution in [0.3, 0.4) is 0 Å². The molecule has 158 valence electrons. The molecule has 1 fully saturated rings. The Bertz CT molecular complexity index is 761. The highest BCUT2D eigenvalue weighted by Crippen LogP contribution is 2.29. The van der Waals surface area contributed by atoms with Gasteiger partial charge in [0.15, 0.2) is 11.5 Å². The number of morpholine rings is 1. The smallest absolute Gasteiger partial charge is 0.161 e. The van der Waals surface area contributed by atoms with Gasteiger partial charge in [-0.3, -0.25) is 4.90 Å². The zero-order valence-corrected chi connectivity index (χ0v) is 17.5. The summed E-state index contributed by atoms with van der Waals surface area (Å²) >= 11 is 0. The molecule has 1 saturated heterocycles. The predicted molar refractivity (Wildman–Crippen MR) is 112 cm³/mol. The molecule has 1 heterocycles. The van der Waals surface area contributed by atoms with E-state index in [9.17, 15) is 4.39 Å². The van der Waals surface area contributed by atoms with Gasteiger partial charge in [0.1, 0.15) is 5.82 Å². The fourth-order valence-electron chi connectivity index (χ4n) is 3.56. The molecule has 2 aromatic rings. The number of methoxy groups -OCH3 is 1. The number of hydrogen-bond donors (Lipinski definition) is 1. The summed E-state index contributed by atoms with van der Waals surface area (Å²) in [7, 11) is 1.66. The van der Waals surface area contributed by atoms with Crippen LogP contribution in [0.25, 0.3) is 0 Å². The van der Waals surface area contributed by atoms with Gasteiger partial charge in [0.05, 0.1) is 26.4 Å². The maximum absolute atomic E-state index is 13.4. The SMILES string of the molecule is COc1cc(CNCC(c2ccc(F)cc2)N2CCOCC2)ccc1OC(C)C. The molecule has 1 aliphatic rings. The van der Waals surface area contributed by atoms with Crippen LogP contribution < -0.4 is 14.8 Å². The molecule has 0 aromatic heterocycles. The number of rotatable bonds is 9. The van der Waals surface area contributed by atoms with Gasteiger partial charge in [-0.25, -0.2) is 4.39 Å². The van der Waals surface area contributed by atoms with Crippen LogP contribution in [0.5, 0.6) is 11.5 Å². The zero-order chi connectivity index (χ0) is 20.6. The summed E-state index contributed by atoms with van der Waals surface area (Å²) < 4.78 is 30.1. The van der Waals surface area contributed by atoms with Crippen molar-refractivity contribution in [3.8, 4) is 11.5 Å². The van der Waals surface area contributed by atoms with E-state index in [0.717, 1.165) is 55.5 Å². The van der Waals surface area contributed by atoms with Crippen molar-refractivity contribution in [2.75, 3.05) is 40.0 Å². The summed E-state index contributed by atoms with van der Waals surface area (Å²) in [4.78, 5) is 2.39. The number of ether oxygens (including phenoxy) is 3. The normalized spacial score (nSPS) is 16.0. The van der Waals surface area contributed by atoms with Crippen LogP contribution in [0.4, 0.5) is 4.39 Å². The van der Waals surface area contributed by atoms with Gasteiger partial charge in [-0.1, -0.05) is 18.2 Å². The Morgan fingerprint density at radius 1 is 1.07 bits per heavy atom. The molecule has 6 heteroatoms. The molecule has 1 unspecified atom stereocenters. The Balaban J connectivity index is 1.65. The maximum atomic E-state index is 13.4. The van der Waals surface area contributed by atoms with Crippen molar-refractivity contribution in [1.29, 1.82) is 0 Å². The minimum absolute atomic E-state index is 0.0952. The maximum Gasteiger partial charge on any atom is 0.161 e. The average molecular weight is 403 g/mol. The van der Waals surface area contributed by atoms with Crippen molar-refractivity contribution in [2.24, 2.45) is 0 Å². The van der Waals surface area contributed by atoms with Crippen molar-refractivity contribution < 1.29 is 18.6 Å². The molecule has 0 spiro atoms. The van der Waals surface area contributed by atoms with E-state index in [-0.39, 0.29) is 18.0 Å². The first kappa shape index (κ1) is 21.6. The van der Waals surface area contributed by atoms with Crippen molar-refractivity contribution in [3.05, 3.63) is 59.4 Å². The van der Waals surface area contributed by atoms with Crippen LogP contribution in [0.1, 0.15) is 31.0 Å². The zero-order valence-electron chi connectivity index (χ0n) is 17.5. The third kappa shape index (κ3) is 6.16. The van der Waals surface area contributed by atoms with Crippen LogP contribution in [-0.4, -0.2) is 51.0 Å². The molecule has 1 atom stereocenters. The number of nitrogens with zero attached hydrogens (tertiary/aromatic N) is 1. The summed E-state index contributed by atoms with van der Waals surface area (Å²) in [6, 6.07) is 13.0. The van der Waals surface area contributed by atoms with Crippen molar-refractivity contribution >= 4 is 0 Å². The fraction of sp³-hybridized carbons (Fsp3) is 0.478. The quantitative estimate of drug-likeness (QED) is 0.691. The van der Waals surface area contributed by atoms with E-state index in [0.29, 0.717) is 6.54 Å². The van der Waals surface area contributed by atoms with E-state index in [4.69, 9.17) is 14.2 Å². The summed E-state index contributed by atoms with van der Waals surface area (Å²) in [5.41, 5.74) is 2.23. The fourth-order valence-corrected chi connectivity index (χ4v) is 3.56. The van der Waals surface area contributed by atoms with E-state index in [1.165, 1.54) is 12.1 Å². The van der Waals surface area contributed by atoms with Gasteiger partial charge in [-0.05, 0) is 49.2 Å². The van der Waals surface area contributed by atoms with Crippen molar-refractivity contribution in [3.63, 3.8) is 0 Å². The Kier molecular flexibility index (Phi) is 7.86. The van der Waals surface area contributed by atoms with E-state index >= 15 is 0 Å². The van der Waals surface area contributed by atoms with Gasteiger partial charge in [0, 0.05) is 32.2 Å². The molecule has 1 aliphatic heterocycles. The second-order valence-corrected chi connectivity index (χ2v) is 7.50. The second-order valence-electron chi connectivity index (χ2n) is 7.50. The Labute approximate surface area is 172 Å².